The molecule has 2 unspecified atom stereocenters. The highest BCUT2D eigenvalue weighted by molar-refractivity contribution is 4.83. The number of imidazole rings is 1. The minimum Gasteiger partial charge on any atom is -0.336 e. The predicted octanol–water partition coefficient (Wildman–Crippen LogP) is 2.30. The summed E-state index contributed by atoms with van der Waals surface area (Å²) in [5.41, 5.74) is 0. The van der Waals surface area contributed by atoms with Crippen LogP contribution in [0.4, 0.5) is 8.78 Å². The monoisotopic (exact) mass is 243 g/mol. The van der Waals surface area contributed by atoms with Crippen molar-refractivity contribution in [1.82, 2.24) is 14.9 Å². The molecule has 0 bridgehead atoms. The maximum atomic E-state index is 13.0. The highest BCUT2D eigenvalue weighted by atomic mass is 19.3. The topological polar surface area (TPSA) is 29.9 Å². The normalized spacial score (nSPS) is 25.0. The van der Waals surface area contributed by atoms with E-state index in [1.807, 2.05) is 10.8 Å². The molecule has 1 N–H and O–H groups in total. The van der Waals surface area contributed by atoms with Crippen LogP contribution in [0.3, 0.4) is 0 Å². The van der Waals surface area contributed by atoms with E-state index in [4.69, 9.17) is 0 Å². The van der Waals surface area contributed by atoms with Crippen LogP contribution in [0.5, 0.6) is 0 Å². The van der Waals surface area contributed by atoms with E-state index in [-0.39, 0.29) is 24.8 Å². The van der Waals surface area contributed by atoms with Crippen molar-refractivity contribution in [1.29, 1.82) is 0 Å². The van der Waals surface area contributed by atoms with E-state index in [1.165, 1.54) is 0 Å². The summed E-state index contributed by atoms with van der Waals surface area (Å²) in [6.07, 6.45) is 6.14. The zero-order valence-electron chi connectivity index (χ0n) is 10.1. The molecule has 3 nitrogen and oxygen atoms in total. The van der Waals surface area contributed by atoms with Gasteiger partial charge in [-0.15, -0.1) is 0 Å². The molecule has 1 aliphatic rings. The molecular weight excluding hydrogens is 224 g/mol. The second-order valence-electron chi connectivity index (χ2n) is 5.03. The Morgan fingerprint density at radius 3 is 3.00 bits per heavy atom. The lowest BCUT2D eigenvalue weighted by atomic mass is 10.1. The zero-order chi connectivity index (χ0) is 12.3. The highest BCUT2D eigenvalue weighted by Crippen LogP contribution is 2.38. The lowest BCUT2D eigenvalue weighted by Gasteiger charge is -2.17. The van der Waals surface area contributed by atoms with E-state index < -0.39 is 5.92 Å². The fourth-order valence-corrected chi connectivity index (χ4v) is 2.36. The Bertz CT molecular complexity index is 338. The molecule has 96 valence electrons. The molecule has 1 aliphatic carbocycles. The maximum Gasteiger partial charge on any atom is 0.248 e. The molecule has 2 atom stereocenters. The first-order valence-corrected chi connectivity index (χ1v) is 6.12. The van der Waals surface area contributed by atoms with Crippen molar-refractivity contribution in [3.05, 3.63) is 18.7 Å². The lowest BCUT2D eigenvalue weighted by molar-refractivity contribution is 0.00498. The van der Waals surface area contributed by atoms with Crippen LogP contribution >= 0.6 is 0 Å². The van der Waals surface area contributed by atoms with Gasteiger partial charge in [0.15, 0.2) is 0 Å². The molecule has 0 saturated heterocycles. The maximum absolute atomic E-state index is 13.0. The Morgan fingerprint density at radius 2 is 2.41 bits per heavy atom. The van der Waals surface area contributed by atoms with Crippen LogP contribution in [0, 0.1) is 5.92 Å². The largest absolute Gasteiger partial charge is 0.336 e. The summed E-state index contributed by atoms with van der Waals surface area (Å²) < 4.78 is 28.0. The van der Waals surface area contributed by atoms with Gasteiger partial charge in [0.05, 0.1) is 6.33 Å². The van der Waals surface area contributed by atoms with Crippen LogP contribution in [0.1, 0.15) is 26.2 Å². The van der Waals surface area contributed by atoms with E-state index in [0.717, 1.165) is 6.54 Å². The molecule has 1 aromatic rings. The number of hydrogen-bond acceptors (Lipinski definition) is 2. The Labute approximate surface area is 100 Å². The molecular formula is C12H19F2N3. The number of rotatable bonds is 5. The molecule has 1 fully saturated rings. The summed E-state index contributed by atoms with van der Waals surface area (Å²) >= 11 is 0. The smallest absolute Gasteiger partial charge is 0.248 e. The van der Waals surface area contributed by atoms with Crippen LogP contribution in [-0.2, 0) is 6.54 Å². The van der Waals surface area contributed by atoms with Crippen LogP contribution in [0.2, 0.25) is 0 Å². The quantitative estimate of drug-likeness (QED) is 0.860. The van der Waals surface area contributed by atoms with Crippen molar-refractivity contribution in [2.75, 3.05) is 6.54 Å². The van der Waals surface area contributed by atoms with Gasteiger partial charge in [-0.25, -0.2) is 13.8 Å². The van der Waals surface area contributed by atoms with Gasteiger partial charge in [-0.3, -0.25) is 0 Å². The Kier molecular flexibility index (Phi) is 3.76. The van der Waals surface area contributed by atoms with Crippen LogP contribution < -0.4 is 5.32 Å². The van der Waals surface area contributed by atoms with Crippen molar-refractivity contribution < 1.29 is 8.78 Å². The van der Waals surface area contributed by atoms with Gasteiger partial charge in [0.2, 0.25) is 5.92 Å². The van der Waals surface area contributed by atoms with Gasteiger partial charge in [0.1, 0.15) is 0 Å². The lowest BCUT2D eigenvalue weighted by Crippen LogP contribution is -2.33. The molecule has 1 saturated carbocycles. The first-order chi connectivity index (χ1) is 8.05. The number of hydrogen-bond donors (Lipinski definition) is 1. The molecule has 0 spiro atoms. The van der Waals surface area contributed by atoms with Crippen molar-refractivity contribution in [3.8, 4) is 0 Å². The summed E-state index contributed by atoms with van der Waals surface area (Å²) in [7, 11) is 0. The summed E-state index contributed by atoms with van der Waals surface area (Å²) in [5.74, 6) is -2.31. The number of nitrogens with one attached hydrogen (secondary N) is 1. The fourth-order valence-electron chi connectivity index (χ4n) is 2.36. The fraction of sp³-hybridized carbons (Fsp3) is 0.750. The average Bonchev–Trinajstić information content (AvgIpc) is 2.85. The second-order valence-corrected chi connectivity index (χ2v) is 5.03. The molecule has 0 aliphatic heterocycles. The Hall–Kier alpha value is -0.970. The van der Waals surface area contributed by atoms with Gasteiger partial charge in [-0.1, -0.05) is 0 Å². The molecule has 17 heavy (non-hydrogen) atoms. The third-order valence-corrected chi connectivity index (χ3v) is 3.30. The van der Waals surface area contributed by atoms with E-state index in [0.29, 0.717) is 13.0 Å². The third kappa shape index (κ3) is 3.77. The third-order valence-electron chi connectivity index (χ3n) is 3.30. The van der Waals surface area contributed by atoms with Crippen molar-refractivity contribution in [3.63, 3.8) is 0 Å². The minimum absolute atomic E-state index is 0.0395. The Morgan fingerprint density at radius 1 is 1.59 bits per heavy atom. The molecule has 1 heterocycles. The predicted molar refractivity (Wildman–Crippen MR) is 62.0 cm³/mol. The minimum atomic E-state index is -2.43. The number of nitrogens with zero attached hydrogens (tertiary/aromatic N) is 2. The van der Waals surface area contributed by atoms with Gasteiger partial charge in [-0.05, 0) is 25.8 Å². The molecule has 0 radical (unpaired) electrons. The van der Waals surface area contributed by atoms with E-state index >= 15 is 0 Å². The van der Waals surface area contributed by atoms with Crippen LogP contribution in [0.25, 0.3) is 0 Å². The summed E-state index contributed by atoms with van der Waals surface area (Å²) in [6, 6.07) is 0.276. The number of alkyl halides is 2. The molecule has 2 rings (SSSR count). The van der Waals surface area contributed by atoms with Crippen molar-refractivity contribution in [2.45, 2.75) is 44.7 Å². The van der Waals surface area contributed by atoms with E-state index in [2.05, 4.69) is 17.2 Å². The van der Waals surface area contributed by atoms with Crippen LogP contribution in [-0.4, -0.2) is 28.1 Å². The first kappa shape index (κ1) is 12.5. The average molecular weight is 243 g/mol. The standard InChI is InChI=1S/C12H19F2N3/c1-10(8-17-5-4-15-9-17)16-7-11-2-3-12(13,14)6-11/h4-5,9-11,16H,2-3,6-8H2,1H3. The van der Waals surface area contributed by atoms with Gasteiger partial charge >= 0.3 is 0 Å². The SMILES string of the molecule is CC(Cn1ccnc1)NCC1CCC(F)(F)C1. The molecule has 5 heteroatoms. The summed E-state index contributed by atoms with van der Waals surface area (Å²) in [5, 5.41) is 3.32. The van der Waals surface area contributed by atoms with Crippen LogP contribution in [0.15, 0.2) is 18.7 Å². The first-order valence-electron chi connectivity index (χ1n) is 6.12. The van der Waals surface area contributed by atoms with Crippen molar-refractivity contribution in [2.24, 2.45) is 5.92 Å². The van der Waals surface area contributed by atoms with E-state index in [1.54, 1.807) is 12.5 Å². The Balaban J connectivity index is 1.68. The number of aromatic nitrogens is 2. The zero-order valence-corrected chi connectivity index (χ0v) is 10.1. The van der Waals surface area contributed by atoms with E-state index in [9.17, 15) is 8.78 Å². The van der Waals surface area contributed by atoms with Gasteiger partial charge in [0.25, 0.3) is 0 Å². The summed E-state index contributed by atoms with van der Waals surface area (Å²) in [6.45, 7) is 3.57. The summed E-state index contributed by atoms with van der Waals surface area (Å²) in [4.78, 5) is 3.97. The second kappa shape index (κ2) is 5.12. The molecule has 0 aromatic carbocycles. The molecule has 0 amide bonds. The highest BCUT2D eigenvalue weighted by Gasteiger charge is 2.39. The van der Waals surface area contributed by atoms with Gasteiger partial charge in [0, 0.05) is 37.8 Å². The molecule has 1 aromatic heterocycles. The van der Waals surface area contributed by atoms with Gasteiger partial charge in [-0.2, -0.15) is 0 Å². The number of halogens is 2. The van der Waals surface area contributed by atoms with Gasteiger partial charge < -0.3 is 9.88 Å². The van der Waals surface area contributed by atoms with Crippen molar-refractivity contribution >= 4 is 0 Å².